The van der Waals surface area contributed by atoms with Crippen LogP contribution in [0, 0.1) is 12.8 Å². The summed E-state index contributed by atoms with van der Waals surface area (Å²) in [4.78, 5) is 22.1. The molecule has 1 N–H and O–H groups in total. The molecule has 1 amide bonds. The standard InChI is InChI=1S/C25H36N4O3/c1-6-18(2)22-16-28(15-20-8-7-19(3)26-14-20)11-12-29(22)17-25(30)27-21-9-10-23(31-4)24(13-21)32-5/h7-10,13-14,18,22H,6,11-12,15-17H2,1-5H3,(H,27,30)/t18-,22-/m1/s1. The molecule has 2 heterocycles. The van der Waals surface area contributed by atoms with Crippen LogP contribution in [-0.4, -0.2) is 67.1 Å². The van der Waals surface area contributed by atoms with Crippen molar-refractivity contribution in [2.75, 3.05) is 45.7 Å². The summed E-state index contributed by atoms with van der Waals surface area (Å²) in [6.45, 7) is 10.5. The smallest absolute Gasteiger partial charge is 0.238 e. The number of carbonyl (C=O) groups is 1. The number of aromatic nitrogens is 1. The number of methoxy groups -OCH3 is 2. The number of hydrogen-bond donors (Lipinski definition) is 1. The molecule has 3 rings (SSSR count). The highest BCUT2D eigenvalue weighted by Crippen LogP contribution is 2.30. The first-order valence-electron chi connectivity index (χ1n) is 11.3. The summed E-state index contributed by atoms with van der Waals surface area (Å²) in [5.74, 6) is 1.73. The number of rotatable bonds is 9. The first-order valence-corrected chi connectivity index (χ1v) is 11.3. The van der Waals surface area contributed by atoms with Gasteiger partial charge >= 0.3 is 0 Å². The fourth-order valence-corrected chi connectivity index (χ4v) is 4.21. The van der Waals surface area contributed by atoms with Crippen LogP contribution in [0.15, 0.2) is 36.5 Å². The lowest BCUT2D eigenvalue weighted by Crippen LogP contribution is -2.56. The Morgan fingerprint density at radius 1 is 1.19 bits per heavy atom. The van der Waals surface area contributed by atoms with Gasteiger partial charge in [0.15, 0.2) is 11.5 Å². The lowest BCUT2D eigenvalue weighted by atomic mass is 9.95. The van der Waals surface area contributed by atoms with Crippen molar-refractivity contribution in [3.63, 3.8) is 0 Å². The Hall–Kier alpha value is -2.64. The summed E-state index contributed by atoms with van der Waals surface area (Å²) >= 11 is 0. The molecule has 0 radical (unpaired) electrons. The van der Waals surface area contributed by atoms with Gasteiger partial charge in [-0.25, -0.2) is 0 Å². The van der Waals surface area contributed by atoms with Gasteiger partial charge in [-0.05, 0) is 36.6 Å². The summed E-state index contributed by atoms with van der Waals surface area (Å²) in [7, 11) is 3.19. The number of carbonyl (C=O) groups excluding carboxylic acids is 1. The van der Waals surface area contributed by atoms with Gasteiger partial charge in [-0.15, -0.1) is 0 Å². The van der Waals surface area contributed by atoms with Gasteiger partial charge in [0.1, 0.15) is 0 Å². The second-order valence-electron chi connectivity index (χ2n) is 8.58. The molecule has 1 saturated heterocycles. The minimum absolute atomic E-state index is 0.0123. The van der Waals surface area contributed by atoms with E-state index in [1.165, 1.54) is 5.56 Å². The molecule has 7 nitrogen and oxygen atoms in total. The minimum Gasteiger partial charge on any atom is -0.493 e. The van der Waals surface area contributed by atoms with E-state index < -0.39 is 0 Å². The van der Waals surface area contributed by atoms with Crippen LogP contribution in [0.3, 0.4) is 0 Å². The van der Waals surface area contributed by atoms with Crippen molar-refractivity contribution in [1.29, 1.82) is 0 Å². The van der Waals surface area contributed by atoms with Crippen LogP contribution in [0.1, 0.15) is 31.5 Å². The van der Waals surface area contributed by atoms with E-state index in [-0.39, 0.29) is 5.91 Å². The van der Waals surface area contributed by atoms with Gasteiger partial charge in [0.2, 0.25) is 5.91 Å². The number of piperazine rings is 1. The Labute approximate surface area is 191 Å². The largest absolute Gasteiger partial charge is 0.493 e. The Bertz CT molecular complexity index is 887. The highest BCUT2D eigenvalue weighted by molar-refractivity contribution is 5.92. The first-order chi connectivity index (χ1) is 15.4. The zero-order valence-corrected chi connectivity index (χ0v) is 19.9. The third kappa shape index (κ3) is 6.20. The van der Waals surface area contributed by atoms with Crippen LogP contribution in [-0.2, 0) is 11.3 Å². The number of hydrogen-bond acceptors (Lipinski definition) is 6. The second-order valence-corrected chi connectivity index (χ2v) is 8.58. The molecule has 1 aliphatic heterocycles. The number of nitrogens with zero attached hydrogens (tertiary/aromatic N) is 3. The van der Waals surface area contributed by atoms with E-state index in [4.69, 9.17) is 9.47 Å². The van der Waals surface area contributed by atoms with Crippen molar-refractivity contribution in [2.45, 2.75) is 39.8 Å². The van der Waals surface area contributed by atoms with Crippen LogP contribution < -0.4 is 14.8 Å². The average Bonchev–Trinajstić information content (AvgIpc) is 2.80. The molecule has 1 aromatic carbocycles. The highest BCUT2D eigenvalue weighted by atomic mass is 16.5. The van der Waals surface area contributed by atoms with Crippen molar-refractivity contribution >= 4 is 11.6 Å². The van der Waals surface area contributed by atoms with E-state index >= 15 is 0 Å². The minimum atomic E-state index is -0.0123. The molecule has 1 aliphatic rings. The molecule has 2 atom stereocenters. The summed E-state index contributed by atoms with van der Waals surface area (Å²) in [6.07, 6.45) is 3.05. The fraction of sp³-hybridized carbons (Fsp3) is 0.520. The number of nitrogens with one attached hydrogen (secondary N) is 1. The van der Waals surface area contributed by atoms with Crippen LogP contribution in [0.5, 0.6) is 11.5 Å². The number of benzene rings is 1. The maximum atomic E-state index is 12.8. The molecule has 7 heteroatoms. The zero-order chi connectivity index (χ0) is 23.1. The average molecular weight is 441 g/mol. The summed E-state index contributed by atoms with van der Waals surface area (Å²) in [5.41, 5.74) is 2.98. The zero-order valence-electron chi connectivity index (χ0n) is 19.9. The van der Waals surface area contributed by atoms with Gasteiger partial charge in [0, 0.05) is 55.9 Å². The van der Waals surface area contributed by atoms with Crippen molar-refractivity contribution in [1.82, 2.24) is 14.8 Å². The molecule has 174 valence electrons. The summed E-state index contributed by atoms with van der Waals surface area (Å²) < 4.78 is 10.6. The van der Waals surface area contributed by atoms with E-state index in [9.17, 15) is 4.79 Å². The van der Waals surface area contributed by atoms with Crippen molar-refractivity contribution in [3.8, 4) is 11.5 Å². The SMILES string of the molecule is CC[C@@H](C)[C@H]1CN(Cc2ccc(C)nc2)CCN1CC(=O)Nc1ccc(OC)c(OC)c1. The van der Waals surface area contributed by atoms with Gasteiger partial charge in [-0.3, -0.25) is 19.6 Å². The normalized spacial score (nSPS) is 18.2. The van der Waals surface area contributed by atoms with E-state index in [0.29, 0.717) is 35.7 Å². The molecule has 0 aliphatic carbocycles. The van der Waals surface area contributed by atoms with E-state index in [2.05, 4.69) is 46.1 Å². The summed E-state index contributed by atoms with van der Waals surface area (Å²) in [5, 5.41) is 3.01. The van der Waals surface area contributed by atoms with Gasteiger partial charge < -0.3 is 14.8 Å². The fourth-order valence-electron chi connectivity index (χ4n) is 4.21. The van der Waals surface area contributed by atoms with Crippen LogP contribution >= 0.6 is 0 Å². The third-order valence-corrected chi connectivity index (χ3v) is 6.31. The maximum absolute atomic E-state index is 12.8. The Morgan fingerprint density at radius 3 is 2.62 bits per heavy atom. The van der Waals surface area contributed by atoms with E-state index in [0.717, 1.165) is 38.3 Å². The molecule has 0 unspecified atom stereocenters. The molecule has 0 bridgehead atoms. The van der Waals surface area contributed by atoms with Crippen molar-refractivity contribution in [2.24, 2.45) is 5.92 Å². The number of anilines is 1. The maximum Gasteiger partial charge on any atom is 0.238 e. The molecule has 0 spiro atoms. The predicted octanol–water partition coefficient (Wildman–Crippen LogP) is 3.58. The number of ether oxygens (including phenoxy) is 2. The lowest BCUT2D eigenvalue weighted by molar-refractivity contribution is -0.119. The molecular formula is C25H36N4O3. The Kier molecular flexibility index (Phi) is 8.47. The van der Waals surface area contributed by atoms with Gasteiger partial charge in [-0.2, -0.15) is 0 Å². The molecular weight excluding hydrogens is 404 g/mol. The molecule has 2 aromatic rings. The van der Waals surface area contributed by atoms with E-state index in [1.54, 1.807) is 26.4 Å². The topological polar surface area (TPSA) is 66.9 Å². The summed E-state index contributed by atoms with van der Waals surface area (Å²) in [6, 6.07) is 9.98. The molecule has 1 fully saturated rings. The number of pyridine rings is 1. The Morgan fingerprint density at radius 2 is 1.97 bits per heavy atom. The van der Waals surface area contributed by atoms with E-state index in [1.807, 2.05) is 19.2 Å². The molecule has 0 saturated carbocycles. The van der Waals surface area contributed by atoms with Crippen LogP contribution in [0.2, 0.25) is 0 Å². The highest BCUT2D eigenvalue weighted by Gasteiger charge is 2.31. The molecule has 1 aromatic heterocycles. The predicted molar refractivity (Wildman–Crippen MR) is 127 cm³/mol. The van der Waals surface area contributed by atoms with Crippen molar-refractivity contribution in [3.05, 3.63) is 47.8 Å². The van der Waals surface area contributed by atoms with Crippen LogP contribution in [0.4, 0.5) is 5.69 Å². The first kappa shape index (κ1) is 24.0. The number of aryl methyl sites for hydroxylation is 1. The second kappa shape index (κ2) is 11.3. The Balaban J connectivity index is 1.62. The van der Waals surface area contributed by atoms with Crippen LogP contribution in [0.25, 0.3) is 0 Å². The van der Waals surface area contributed by atoms with Crippen molar-refractivity contribution < 1.29 is 14.3 Å². The number of amides is 1. The monoisotopic (exact) mass is 440 g/mol. The third-order valence-electron chi connectivity index (χ3n) is 6.31. The quantitative estimate of drug-likeness (QED) is 0.643. The van der Waals surface area contributed by atoms with Gasteiger partial charge in [0.25, 0.3) is 0 Å². The molecule has 32 heavy (non-hydrogen) atoms. The van der Waals surface area contributed by atoms with Gasteiger partial charge in [-0.1, -0.05) is 26.3 Å². The van der Waals surface area contributed by atoms with Gasteiger partial charge in [0.05, 0.1) is 20.8 Å². The lowest BCUT2D eigenvalue weighted by Gasteiger charge is -2.43.